The maximum Gasteiger partial charge on any atom is 0.327 e. The first-order chi connectivity index (χ1) is 9.22. The zero-order valence-electron chi connectivity index (χ0n) is 10.8. The fraction of sp³-hybridized carbons (Fsp3) is 0.500. The van der Waals surface area contributed by atoms with E-state index in [-0.39, 0.29) is 24.7 Å². The summed E-state index contributed by atoms with van der Waals surface area (Å²) in [5.74, 6) is -2.82. The van der Waals surface area contributed by atoms with E-state index in [0.29, 0.717) is 0 Å². The van der Waals surface area contributed by atoms with E-state index in [9.17, 15) is 14.4 Å². The van der Waals surface area contributed by atoms with Crippen LogP contribution < -0.4 is 0 Å². The van der Waals surface area contributed by atoms with Gasteiger partial charge in [0, 0.05) is 6.08 Å². The lowest BCUT2D eigenvalue weighted by Gasteiger charge is -1.71. The van der Waals surface area contributed by atoms with Gasteiger partial charge in [0.15, 0.2) is 0 Å². The number of aliphatic hydroxyl groups is 2. The van der Waals surface area contributed by atoms with Crippen LogP contribution in [0.15, 0.2) is 12.2 Å². The summed E-state index contributed by atoms with van der Waals surface area (Å²) in [4.78, 5) is 28.1. The topological polar surface area (TPSA) is 152 Å². The van der Waals surface area contributed by atoms with Gasteiger partial charge < -0.3 is 25.5 Å². The van der Waals surface area contributed by atoms with Crippen molar-refractivity contribution in [3.63, 3.8) is 0 Å². The fourth-order valence-electron chi connectivity index (χ4n) is 0.143. The van der Waals surface area contributed by atoms with Crippen LogP contribution in [0.25, 0.3) is 0 Å². The van der Waals surface area contributed by atoms with Crippen molar-refractivity contribution in [1.29, 1.82) is 0 Å². The first kappa shape index (κ1) is 27.2. The third kappa shape index (κ3) is 91.0. The molecule has 0 aliphatic rings. The molecule has 0 spiro atoms. The minimum absolute atomic E-state index is 0.0833. The Bertz CT molecular complexity index is 252. The second kappa shape index (κ2) is 26.4. The molecule has 8 nitrogen and oxygen atoms in total. The van der Waals surface area contributed by atoms with Crippen LogP contribution in [0.5, 0.6) is 0 Å². The number of aliphatic hydroxyl groups excluding tert-OH is 2. The molecule has 0 heterocycles. The summed E-state index contributed by atoms with van der Waals surface area (Å²) < 4.78 is 0. The molecule has 5 N–H and O–H groups in total. The average Bonchev–Trinajstić information content (AvgIpc) is 2.40. The van der Waals surface area contributed by atoms with Crippen LogP contribution in [0, 0.1) is 0 Å². The van der Waals surface area contributed by atoms with Crippen LogP contribution in [0.2, 0.25) is 0 Å². The molecule has 120 valence electrons. The highest BCUT2D eigenvalue weighted by Gasteiger charge is 1.82. The normalized spacial score (nSPS) is 8.05. The van der Waals surface area contributed by atoms with E-state index >= 15 is 0 Å². The summed E-state index contributed by atoms with van der Waals surface area (Å²) in [6.07, 6.45) is 2.56. The molecule has 0 amide bonds. The third-order valence-corrected chi connectivity index (χ3v) is 1.22. The lowest BCUT2D eigenvalue weighted by atomic mass is 10.5. The monoisotopic (exact) mass is 332 g/mol. The van der Waals surface area contributed by atoms with Gasteiger partial charge in [-0.05, 0) is 6.92 Å². The number of hydrogen-bond donors (Lipinski definition) is 7. The lowest BCUT2D eigenvalue weighted by Crippen LogP contribution is -1.92. The standard InChI is InChI=1S/C4H6O2.2C2H4O2S.C2H6O2/c1-2-3-4(5)6;2*3-2(4)1-5;3-1-2-4/h2-3H,1H3,(H,5,6);2*5H,1H2,(H,3,4);3-4H,1-2H2. The molecule has 0 aromatic carbocycles. The van der Waals surface area contributed by atoms with Gasteiger partial charge >= 0.3 is 17.9 Å². The maximum absolute atomic E-state index is 9.51. The van der Waals surface area contributed by atoms with Crippen LogP contribution in [0.3, 0.4) is 0 Å². The van der Waals surface area contributed by atoms with Crippen LogP contribution in [-0.2, 0) is 14.4 Å². The molecule has 0 unspecified atom stereocenters. The molecule has 0 fully saturated rings. The van der Waals surface area contributed by atoms with Crippen molar-refractivity contribution in [2.45, 2.75) is 6.92 Å². The van der Waals surface area contributed by atoms with E-state index in [4.69, 9.17) is 25.5 Å². The van der Waals surface area contributed by atoms with Gasteiger partial charge in [-0.15, -0.1) is 0 Å². The van der Waals surface area contributed by atoms with E-state index in [1.54, 1.807) is 6.92 Å². The molecule has 0 aromatic heterocycles. The van der Waals surface area contributed by atoms with E-state index in [1.807, 2.05) is 0 Å². The average molecular weight is 332 g/mol. The van der Waals surface area contributed by atoms with Crippen molar-refractivity contribution in [3.8, 4) is 0 Å². The largest absolute Gasteiger partial charge is 0.481 e. The zero-order chi connectivity index (χ0) is 17.0. The van der Waals surface area contributed by atoms with Crippen LogP contribution in [0.4, 0.5) is 0 Å². The Balaban J connectivity index is -0.0000000862. The molecule has 0 saturated heterocycles. The first-order valence-electron chi connectivity index (χ1n) is 4.95. The molecular weight excluding hydrogens is 312 g/mol. The van der Waals surface area contributed by atoms with Gasteiger partial charge in [-0.3, -0.25) is 9.59 Å². The minimum atomic E-state index is -0.891. The summed E-state index contributed by atoms with van der Waals surface area (Å²) in [5, 5.41) is 38.4. The number of thiol groups is 2. The van der Waals surface area contributed by atoms with Crippen LogP contribution in [0.1, 0.15) is 6.92 Å². The minimum Gasteiger partial charge on any atom is -0.481 e. The molecule has 20 heavy (non-hydrogen) atoms. The SMILES string of the molecule is CC=CC(=O)O.O=C(O)CS.O=C(O)CS.OCCO. The Hall–Kier alpha value is -1.23. The number of allylic oxidation sites excluding steroid dienone is 1. The predicted octanol–water partition coefficient (Wildman–Crippen LogP) is -0.380. The molecule has 0 radical (unpaired) electrons. The van der Waals surface area contributed by atoms with Gasteiger partial charge in [0.05, 0.1) is 24.7 Å². The zero-order valence-corrected chi connectivity index (χ0v) is 12.6. The summed E-state index contributed by atoms with van der Waals surface area (Å²) in [6, 6.07) is 0. The molecule has 0 saturated carbocycles. The summed E-state index contributed by atoms with van der Waals surface area (Å²) >= 11 is 6.83. The van der Waals surface area contributed by atoms with Crippen molar-refractivity contribution in [1.82, 2.24) is 0 Å². The summed E-state index contributed by atoms with van der Waals surface area (Å²) in [5.41, 5.74) is 0. The smallest absolute Gasteiger partial charge is 0.327 e. The molecule has 0 rings (SSSR count). The van der Waals surface area contributed by atoms with E-state index in [2.05, 4.69) is 25.3 Å². The molecule has 0 aliphatic heterocycles. The van der Waals surface area contributed by atoms with Gasteiger partial charge in [0.25, 0.3) is 0 Å². The molecular formula is C10H20O8S2. The van der Waals surface area contributed by atoms with Gasteiger partial charge in [0.2, 0.25) is 0 Å². The third-order valence-electron chi connectivity index (χ3n) is 0.680. The van der Waals surface area contributed by atoms with E-state index in [0.717, 1.165) is 6.08 Å². The van der Waals surface area contributed by atoms with Crippen LogP contribution >= 0.6 is 25.3 Å². The fourth-order valence-corrected chi connectivity index (χ4v) is 0.143. The van der Waals surface area contributed by atoms with Crippen molar-refractivity contribution in [2.75, 3.05) is 24.7 Å². The highest BCUT2D eigenvalue weighted by Crippen LogP contribution is 1.67. The number of hydrogen-bond acceptors (Lipinski definition) is 7. The van der Waals surface area contributed by atoms with Crippen molar-refractivity contribution < 1.29 is 39.9 Å². The highest BCUT2D eigenvalue weighted by molar-refractivity contribution is 7.81. The van der Waals surface area contributed by atoms with Crippen molar-refractivity contribution in [3.05, 3.63) is 12.2 Å². The van der Waals surface area contributed by atoms with Crippen LogP contribution in [-0.4, -0.2) is 68.2 Å². The van der Waals surface area contributed by atoms with Gasteiger partial charge in [-0.2, -0.15) is 25.3 Å². The second-order valence-electron chi connectivity index (χ2n) is 2.39. The molecule has 0 aliphatic carbocycles. The summed E-state index contributed by atoms with van der Waals surface area (Å²) in [6.45, 7) is 1.41. The molecule has 0 aromatic rings. The molecule has 10 heteroatoms. The Labute approximate surface area is 127 Å². The molecule has 0 atom stereocenters. The van der Waals surface area contributed by atoms with Crippen molar-refractivity contribution >= 4 is 43.2 Å². The van der Waals surface area contributed by atoms with Gasteiger partial charge in [-0.1, -0.05) is 6.08 Å². The Morgan fingerprint density at radius 2 is 1.15 bits per heavy atom. The Kier molecular flexibility index (Phi) is 35.8. The predicted molar refractivity (Wildman–Crippen MR) is 79.6 cm³/mol. The second-order valence-corrected chi connectivity index (χ2v) is 3.02. The molecule has 0 bridgehead atoms. The highest BCUT2D eigenvalue weighted by atomic mass is 32.1. The quantitative estimate of drug-likeness (QED) is 0.272. The number of aliphatic carboxylic acids is 3. The number of carboxylic acid groups (broad SMARTS) is 3. The summed E-state index contributed by atoms with van der Waals surface area (Å²) in [7, 11) is 0. The van der Waals surface area contributed by atoms with Gasteiger partial charge in [-0.25, -0.2) is 4.79 Å². The van der Waals surface area contributed by atoms with E-state index in [1.165, 1.54) is 6.08 Å². The lowest BCUT2D eigenvalue weighted by molar-refractivity contribution is -0.134. The van der Waals surface area contributed by atoms with E-state index < -0.39 is 17.9 Å². The number of carbonyl (C=O) groups is 3. The Morgan fingerprint density at radius 1 is 0.900 bits per heavy atom. The first-order valence-corrected chi connectivity index (χ1v) is 6.22. The van der Waals surface area contributed by atoms with Crippen molar-refractivity contribution in [2.24, 2.45) is 0 Å². The maximum atomic E-state index is 9.51. The number of carboxylic acids is 3. The number of rotatable bonds is 4. The van der Waals surface area contributed by atoms with Gasteiger partial charge in [0.1, 0.15) is 0 Å². The Morgan fingerprint density at radius 3 is 1.15 bits per heavy atom.